The first-order chi connectivity index (χ1) is 12.3. The van der Waals surface area contributed by atoms with Gasteiger partial charge in [-0.15, -0.1) is 0 Å². The van der Waals surface area contributed by atoms with Crippen molar-refractivity contribution in [2.75, 3.05) is 39.3 Å². The van der Waals surface area contributed by atoms with Crippen LogP contribution in [0.5, 0.6) is 0 Å². The molecule has 26 heavy (non-hydrogen) atoms. The average Bonchev–Trinajstić information content (AvgIpc) is 2.58. The third kappa shape index (κ3) is 10.6. The maximum atomic E-state index is 11.8. The summed E-state index contributed by atoms with van der Waals surface area (Å²) in [6.07, 6.45) is 5.39. The van der Waals surface area contributed by atoms with E-state index < -0.39 is 0 Å². The third-order valence-corrected chi connectivity index (χ3v) is 4.57. The monoisotopic (exact) mass is 367 g/mol. The first kappa shape index (κ1) is 22.7. The highest BCUT2D eigenvalue weighted by atomic mass is 16.2. The molecule has 1 amide bonds. The summed E-state index contributed by atoms with van der Waals surface area (Å²) in [6.45, 7) is 15.9. The van der Waals surface area contributed by atoms with Crippen LogP contribution >= 0.6 is 0 Å². The van der Waals surface area contributed by atoms with E-state index in [9.17, 15) is 4.79 Å². The SMILES string of the molecule is CCCNC(=O)CN1CCC(NC(=NCCCC(C)(C)C)NCC)CC1. The van der Waals surface area contributed by atoms with Gasteiger partial charge in [-0.3, -0.25) is 14.7 Å². The summed E-state index contributed by atoms with van der Waals surface area (Å²) < 4.78 is 0. The number of hydrogen-bond acceptors (Lipinski definition) is 3. The molecule has 0 saturated carbocycles. The van der Waals surface area contributed by atoms with Crippen LogP contribution in [0.15, 0.2) is 4.99 Å². The highest BCUT2D eigenvalue weighted by molar-refractivity contribution is 5.80. The van der Waals surface area contributed by atoms with Gasteiger partial charge in [0.25, 0.3) is 0 Å². The molecule has 1 aliphatic heterocycles. The van der Waals surface area contributed by atoms with Crippen LogP contribution < -0.4 is 16.0 Å². The molecule has 1 aliphatic rings. The van der Waals surface area contributed by atoms with Crippen LogP contribution in [0.4, 0.5) is 0 Å². The molecule has 1 heterocycles. The van der Waals surface area contributed by atoms with Crippen molar-refractivity contribution >= 4 is 11.9 Å². The fourth-order valence-corrected chi connectivity index (χ4v) is 3.07. The molecular formula is C20H41N5O. The molecule has 0 aromatic carbocycles. The zero-order chi connectivity index (χ0) is 19.4. The van der Waals surface area contributed by atoms with Crippen molar-refractivity contribution in [3.05, 3.63) is 0 Å². The summed E-state index contributed by atoms with van der Waals surface area (Å²) in [5.41, 5.74) is 0.373. The van der Waals surface area contributed by atoms with Crippen LogP contribution in [0.1, 0.15) is 66.7 Å². The van der Waals surface area contributed by atoms with E-state index in [1.54, 1.807) is 0 Å². The number of hydrogen-bond donors (Lipinski definition) is 3. The van der Waals surface area contributed by atoms with Gasteiger partial charge in [0.1, 0.15) is 0 Å². The Labute approximate surface area is 160 Å². The van der Waals surface area contributed by atoms with E-state index in [1.165, 1.54) is 6.42 Å². The number of nitrogens with zero attached hydrogens (tertiary/aromatic N) is 2. The number of nitrogens with one attached hydrogen (secondary N) is 3. The minimum absolute atomic E-state index is 0.145. The summed E-state index contributed by atoms with van der Waals surface area (Å²) in [6, 6.07) is 0.436. The van der Waals surface area contributed by atoms with Gasteiger partial charge in [-0.2, -0.15) is 0 Å². The lowest BCUT2D eigenvalue weighted by Gasteiger charge is -2.32. The molecule has 1 fully saturated rings. The molecule has 0 aromatic heterocycles. The van der Waals surface area contributed by atoms with Gasteiger partial charge in [0.05, 0.1) is 6.54 Å². The third-order valence-electron chi connectivity index (χ3n) is 4.57. The predicted molar refractivity (Wildman–Crippen MR) is 111 cm³/mol. The molecule has 0 aromatic rings. The van der Waals surface area contributed by atoms with Gasteiger partial charge in [0, 0.05) is 38.8 Å². The van der Waals surface area contributed by atoms with Gasteiger partial charge >= 0.3 is 0 Å². The van der Waals surface area contributed by atoms with E-state index in [-0.39, 0.29) is 5.91 Å². The van der Waals surface area contributed by atoms with Crippen molar-refractivity contribution < 1.29 is 4.79 Å². The van der Waals surface area contributed by atoms with E-state index in [2.05, 4.69) is 55.5 Å². The maximum Gasteiger partial charge on any atom is 0.234 e. The van der Waals surface area contributed by atoms with Crippen molar-refractivity contribution in [2.24, 2.45) is 10.4 Å². The van der Waals surface area contributed by atoms with Crippen molar-refractivity contribution in [3.63, 3.8) is 0 Å². The highest BCUT2D eigenvalue weighted by Gasteiger charge is 2.21. The number of piperidine rings is 1. The summed E-state index contributed by atoms with van der Waals surface area (Å²) in [5.74, 6) is 1.08. The van der Waals surface area contributed by atoms with Gasteiger partial charge in [-0.05, 0) is 44.4 Å². The molecule has 1 saturated heterocycles. The minimum atomic E-state index is 0.145. The Morgan fingerprint density at radius 1 is 1.15 bits per heavy atom. The molecule has 0 bridgehead atoms. The average molecular weight is 368 g/mol. The topological polar surface area (TPSA) is 68.8 Å². The van der Waals surface area contributed by atoms with Gasteiger partial charge in [-0.1, -0.05) is 27.7 Å². The molecule has 0 radical (unpaired) electrons. The molecule has 3 N–H and O–H groups in total. The van der Waals surface area contributed by atoms with Crippen LogP contribution in [-0.2, 0) is 4.79 Å². The van der Waals surface area contributed by atoms with Gasteiger partial charge in [0.15, 0.2) is 5.96 Å². The second kappa shape index (κ2) is 12.2. The van der Waals surface area contributed by atoms with Crippen molar-refractivity contribution in [3.8, 4) is 0 Å². The zero-order valence-corrected chi connectivity index (χ0v) is 17.7. The van der Waals surface area contributed by atoms with E-state index in [1.807, 2.05) is 0 Å². The number of rotatable bonds is 9. The largest absolute Gasteiger partial charge is 0.357 e. The lowest BCUT2D eigenvalue weighted by atomic mass is 9.91. The maximum absolute atomic E-state index is 11.8. The molecule has 6 heteroatoms. The quantitative estimate of drug-likeness (QED) is 0.332. The second-order valence-electron chi connectivity index (χ2n) is 8.47. The molecular weight excluding hydrogens is 326 g/mol. The van der Waals surface area contributed by atoms with Crippen molar-refractivity contribution in [1.29, 1.82) is 0 Å². The molecule has 6 nitrogen and oxygen atoms in total. The summed E-state index contributed by atoms with van der Waals surface area (Å²) in [7, 11) is 0. The first-order valence-corrected chi connectivity index (χ1v) is 10.4. The number of amides is 1. The smallest absolute Gasteiger partial charge is 0.234 e. The second-order valence-corrected chi connectivity index (χ2v) is 8.47. The molecule has 1 rings (SSSR count). The molecule has 152 valence electrons. The van der Waals surface area contributed by atoms with E-state index in [0.717, 1.165) is 64.4 Å². The van der Waals surface area contributed by atoms with Crippen molar-refractivity contribution in [2.45, 2.75) is 72.8 Å². The number of guanidine groups is 1. The standard InChI is InChI=1S/C20H41N5O/c1-6-12-22-18(26)16-25-14-9-17(10-15-25)24-19(21-7-2)23-13-8-11-20(3,4)5/h17H,6-16H2,1-5H3,(H,22,26)(H2,21,23,24). The summed E-state index contributed by atoms with van der Waals surface area (Å²) >= 11 is 0. The Kier molecular flexibility index (Phi) is 10.6. The normalized spacial score (nSPS) is 17.2. The fraction of sp³-hybridized carbons (Fsp3) is 0.900. The lowest BCUT2D eigenvalue weighted by molar-refractivity contribution is -0.122. The van der Waals surface area contributed by atoms with Crippen LogP contribution in [0.3, 0.4) is 0 Å². The zero-order valence-electron chi connectivity index (χ0n) is 17.7. The van der Waals surface area contributed by atoms with E-state index in [0.29, 0.717) is 18.0 Å². The van der Waals surface area contributed by atoms with Crippen molar-refractivity contribution in [1.82, 2.24) is 20.9 Å². The molecule has 0 aliphatic carbocycles. The Balaban J connectivity index is 2.33. The number of aliphatic imine (C=N–C) groups is 1. The van der Waals surface area contributed by atoms with Crippen LogP contribution in [0.2, 0.25) is 0 Å². The Morgan fingerprint density at radius 3 is 2.42 bits per heavy atom. The fourth-order valence-electron chi connectivity index (χ4n) is 3.07. The number of carbonyl (C=O) groups excluding carboxylic acids is 1. The number of likely N-dealkylation sites (tertiary alicyclic amines) is 1. The lowest BCUT2D eigenvalue weighted by Crippen LogP contribution is -2.50. The Morgan fingerprint density at radius 2 is 1.85 bits per heavy atom. The predicted octanol–water partition coefficient (Wildman–Crippen LogP) is 2.36. The molecule has 0 spiro atoms. The summed E-state index contributed by atoms with van der Waals surface area (Å²) in [5, 5.41) is 9.88. The molecule has 0 unspecified atom stereocenters. The van der Waals surface area contributed by atoms with Crippen LogP contribution in [-0.4, -0.2) is 62.1 Å². The highest BCUT2D eigenvalue weighted by Crippen LogP contribution is 2.20. The van der Waals surface area contributed by atoms with E-state index in [4.69, 9.17) is 4.99 Å². The summed E-state index contributed by atoms with van der Waals surface area (Å²) in [4.78, 5) is 18.8. The first-order valence-electron chi connectivity index (χ1n) is 10.4. The van der Waals surface area contributed by atoms with Gasteiger partial charge in [-0.25, -0.2) is 0 Å². The van der Waals surface area contributed by atoms with Gasteiger partial charge in [0.2, 0.25) is 5.91 Å². The van der Waals surface area contributed by atoms with Crippen LogP contribution in [0.25, 0.3) is 0 Å². The number of carbonyl (C=O) groups is 1. The van der Waals surface area contributed by atoms with Gasteiger partial charge < -0.3 is 16.0 Å². The molecule has 0 atom stereocenters. The van der Waals surface area contributed by atoms with Crippen LogP contribution in [0, 0.1) is 5.41 Å². The Hall–Kier alpha value is -1.30. The van der Waals surface area contributed by atoms with E-state index >= 15 is 0 Å². The minimum Gasteiger partial charge on any atom is -0.357 e. The Bertz CT molecular complexity index is 422.